The fraction of sp³-hybridized carbons (Fsp3) is 0.192. The first-order valence-corrected chi connectivity index (χ1v) is 11.7. The standard InChI is InChI=1S/C26H24BrClN2O4/c1-16(2)21-13-22(27)17(3)12-24(21)33-15-25(31)30-29-14-18-8-10-19(11-9-18)34-26(32)20-6-4-5-7-23(20)28/h4-14,16H,15H2,1-3H3,(H,30,31). The van der Waals surface area contributed by atoms with E-state index >= 15 is 0 Å². The molecule has 3 rings (SSSR count). The Kier molecular flexibility index (Phi) is 8.85. The highest BCUT2D eigenvalue weighted by atomic mass is 79.9. The van der Waals surface area contributed by atoms with Gasteiger partial charge in [0.05, 0.1) is 16.8 Å². The predicted molar refractivity (Wildman–Crippen MR) is 137 cm³/mol. The third-order valence-electron chi connectivity index (χ3n) is 4.86. The van der Waals surface area contributed by atoms with Crippen molar-refractivity contribution in [2.24, 2.45) is 5.10 Å². The van der Waals surface area contributed by atoms with Crippen molar-refractivity contribution < 1.29 is 19.1 Å². The second kappa shape index (κ2) is 11.8. The maximum Gasteiger partial charge on any atom is 0.345 e. The first kappa shape index (κ1) is 25.5. The number of rotatable bonds is 8. The first-order valence-electron chi connectivity index (χ1n) is 10.6. The molecule has 6 nitrogen and oxygen atoms in total. The van der Waals surface area contributed by atoms with Crippen molar-refractivity contribution in [3.8, 4) is 11.5 Å². The lowest BCUT2D eigenvalue weighted by Gasteiger charge is -2.15. The molecule has 0 aliphatic rings. The Bertz CT molecular complexity index is 1210. The molecule has 1 N–H and O–H groups in total. The first-order chi connectivity index (χ1) is 16.2. The van der Waals surface area contributed by atoms with Gasteiger partial charge in [0.2, 0.25) is 0 Å². The molecule has 0 saturated carbocycles. The van der Waals surface area contributed by atoms with Crippen molar-refractivity contribution in [2.75, 3.05) is 6.61 Å². The fourth-order valence-corrected chi connectivity index (χ4v) is 3.59. The van der Waals surface area contributed by atoms with E-state index in [4.69, 9.17) is 21.1 Å². The van der Waals surface area contributed by atoms with E-state index < -0.39 is 5.97 Å². The molecule has 0 radical (unpaired) electrons. The summed E-state index contributed by atoms with van der Waals surface area (Å²) in [6.07, 6.45) is 1.49. The summed E-state index contributed by atoms with van der Waals surface area (Å²) in [5.41, 5.74) is 5.49. The molecule has 0 saturated heterocycles. The monoisotopic (exact) mass is 542 g/mol. The number of esters is 1. The van der Waals surface area contributed by atoms with E-state index in [9.17, 15) is 9.59 Å². The highest BCUT2D eigenvalue weighted by Crippen LogP contribution is 2.32. The Labute approximate surface area is 212 Å². The molecule has 1 amide bonds. The van der Waals surface area contributed by atoms with Gasteiger partial charge in [-0.2, -0.15) is 5.10 Å². The van der Waals surface area contributed by atoms with Crippen molar-refractivity contribution in [2.45, 2.75) is 26.7 Å². The average Bonchev–Trinajstić information content (AvgIpc) is 2.80. The van der Waals surface area contributed by atoms with Gasteiger partial charge in [-0.1, -0.05) is 53.5 Å². The van der Waals surface area contributed by atoms with Crippen LogP contribution in [0.4, 0.5) is 0 Å². The van der Waals surface area contributed by atoms with Crippen LogP contribution in [0.25, 0.3) is 0 Å². The molecule has 0 atom stereocenters. The van der Waals surface area contributed by atoms with Crippen molar-refractivity contribution >= 4 is 45.6 Å². The summed E-state index contributed by atoms with van der Waals surface area (Å²) in [6, 6.07) is 17.3. The van der Waals surface area contributed by atoms with Gasteiger partial charge in [-0.05, 0) is 78.1 Å². The van der Waals surface area contributed by atoms with Gasteiger partial charge in [0.25, 0.3) is 5.91 Å². The Balaban J connectivity index is 1.52. The molecule has 0 bridgehead atoms. The van der Waals surface area contributed by atoms with Gasteiger partial charge in [-0.3, -0.25) is 4.79 Å². The van der Waals surface area contributed by atoms with Gasteiger partial charge in [0.15, 0.2) is 6.61 Å². The summed E-state index contributed by atoms with van der Waals surface area (Å²) >= 11 is 9.55. The van der Waals surface area contributed by atoms with Crippen LogP contribution >= 0.6 is 27.5 Å². The molecule has 0 spiro atoms. The average molecular weight is 544 g/mol. The van der Waals surface area contributed by atoms with Crippen molar-refractivity contribution in [3.63, 3.8) is 0 Å². The summed E-state index contributed by atoms with van der Waals surface area (Å²) in [4.78, 5) is 24.4. The number of halogens is 2. The zero-order valence-electron chi connectivity index (χ0n) is 19.0. The number of nitrogens with zero attached hydrogens (tertiary/aromatic N) is 1. The molecule has 176 valence electrons. The number of hydrogen-bond donors (Lipinski definition) is 1. The highest BCUT2D eigenvalue weighted by Gasteiger charge is 2.13. The predicted octanol–water partition coefficient (Wildman–Crippen LogP) is 6.28. The quantitative estimate of drug-likeness (QED) is 0.157. The van der Waals surface area contributed by atoms with Gasteiger partial charge >= 0.3 is 5.97 Å². The van der Waals surface area contributed by atoms with E-state index in [1.165, 1.54) is 6.21 Å². The lowest BCUT2D eigenvalue weighted by molar-refractivity contribution is -0.123. The molecule has 0 unspecified atom stereocenters. The second-order valence-electron chi connectivity index (χ2n) is 7.81. The number of ether oxygens (including phenoxy) is 2. The maximum atomic E-state index is 12.2. The molecular weight excluding hydrogens is 520 g/mol. The molecular formula is C26H24BrClN2O4. The molecule has 8 heteroatoms. The van der Waals surface area contributed by atoms with E-state index in [1.807, 2.05) is 19.1 Å². The van der Waals surface area contributed by atoms with E-state index in [2.05, 4.69) is 40.3 Å². The van der Waals surface area contributed by atoms with Crippen LogP contribution < -0.4 is 14.9 Å². The number of carbonyl (C=O) groups is 2. The van der Waals surface area contributed by atoms with Gasteiger partial charge < -0.3 is 9.47 Å². The highest BCUT2D eigenvalue weighted by molar-refractivity contribution is 9.10. The third kappa shape index (κ3) is 6.92. The molecule has 3 aromatic carbocycles. The second-order valence-corrected chi connectivity index (χ2v) is 9.08. The van der Waals surface area contributed by atoms with Gasteiger partial charge in [-0.15, -0.1) is 0 Å². The number of aryl methyl sites for hydroxylation is 1. The Morgan fingerprint density at radius 1 is 1.12 bits per heavy atom. The molecule has 0 fully saturated rings. The molecule has 0 aromatic heterocycles. The zero-order chi connectivity index (χ0) is 24.7. The zero-order valence-corrected chi connectivity index (χ0v) is 21.3. The summed E-state index contributed by atoms with van der Waals surface area (Å²) in [7, 11) is 0. The molecule has 34 heavy (non-hydrogen) atoms. The maximum absolute atomic E-state index is 12.2. The van der Waals surface area contributed by atoms with Crippen LogP contribution in [0, 0.1) is 6.92 Å². The van der Waals surface area contributed by atoms with Crippen molar-refractivity contribution in [1.82, 2.24) is 5.43 Å². The van der Waals surface area contributed by atoms with Crippen molar-refractivity contribution in [1.29, 1.82) is 0 Å². The molecule has 3 aromatic rings. The molecule has 0 heterocycles. The smallest absolute Gasteiger partial charge is 0.345 e. The van der Waals surface area contributed by atoms with Crippen LogP contribution in [0.15, 0.2) is 70.2 Å². The minimum atomic E-state index is -0.541. The summed E-state index contributed by atoms with van der Waals surface area (Å²) in [5.74, 6) is 0.375. The molecule has 0 aliphatic carbocycles. The topological polar surface area (TPSA) is 77.0 Å². The number of amides is 1. The summed E-state index contributed by atoms with van der Waals surface area (Å²) in [6.45, 7) is 5.94. The Hall–Kier alpha value is -3.16. The minimum Gasteiger partial charge on any atom is -0.483 e. The number of nitrogens with one attached hydrogen (secondary N) is 1. The summed E-state index contributed by atoms with van der Waals surface area (Å²) < 4.78 is 12.1. The van der Waals surface area contributed by atoms with Gasteiger partial charge in [-0.25, -0.2) is 10.2 Å². The Morgan fingerprint density at radius 2 is 1.82 bits per heavy atom. The normalized spacial score (nSPS) is 11.0. The summed E-state index contributed by atoms with van der Waals surface area (Å²) in [5, 5.41) is 4.28. The lowest BCUT2D eigenvalue weighted by atomic mass is 10.0. The van der Waals surface area contributed by atoms with Crippen molar-refractivity contribution in [3.05, 3.63) is 92.4 Å². The van der Waals surface area contributed by atoms with Crippen LogP contribution in [-0.2, 0) is 4.79 Å². The van der Waals surface area contributed by atoms with Crippen LogP contribution in [0.5, 0.6) is 11.5 Å². The third-order valence-corrected chi connectivity index (χ3v) is 6.04. The molecule has 0 aliphatic heterocycles. The van der Waals surface area contributed by atoms with Crippen LogP contribution in [0.3, 0.4) is 0 Å². The number of carbonyl (C=O) groups excluding carboxylic acids is 2. The van der Waals surface area contributed by atoms with Gasteiger partial charge in [0.1, 0.15) is 11.5 Å². The fourth-order valence-electron chi connectivity index (χ4n) is 3.01. The lowest BCUT2D eigenvalue weighted by Crippen LogP contribution is -2.25. The number of hydrazone groups is 1. The van der Waals surface area contributed by atoms with E-state index in [0.717, 1.165) is 15.6 Å². The van der Waals surface area contributed by atoms with Gasteiger partial charge in [0, 0.05) is 4.47 Å². The van der Waals surface area contributed by atoms with E-state index in [0.29, 0.717) is 27.6 Å². The van der Waals surface area contributed by atoms with Crippen LogP contribution in [0.2, 0.25) is 5.02 Å². The number of benzene rings is 3. The SMILES string of the molecule is Cc1cc(OCC(=O)NN=Cc2ccc(OC(=O)c3ccccc3Cl)cc2)c(C(C)C)cc1Br. The van der Waals surface area contributed by atoms with E-state index in [1.54, 1.807) is 48.5 Å². The van der Waals surface area contributed by atoms with Crippen LogP contribution in [-0.4, -0.2) is 24.7 Å². The number of hydrogen-bond acceptors (Lipinski definition) is 5. The minimum absolute atomic E-state index is 0.158. The van der Waals surface area contributed by atoms with E-state index in [-0.39, 0.29) is 18.4 Å². The largest absolute Gasteiger partial charge is 0.483 e. The van der Waals surface area contributed by atoms with Crippen LogP contribution in [0.1, 0.15) is 46.8 Å². The Morgan fingerprint density at radius 3 is 2.50 bits per heavy atom.